The van der Waals surface area contributed by atoms with Crippen LogP contribution in [0, 0.1) is 0 Å². The van der Waals surface area contributed by atoms with Crippen LogP contribution in [-0.4, -0.2) is 5.91 Å². The number of benzene rings is 1. The van der Waals surface area contributed by atoms with E-state index in [-0.39, 0.29) is 5.56 Å². The second-order valence-corrected chi connectivity index (χ2v) is 2.62. The van der Waals surface area contributed by atoms with E-state index in [9.17, 15) is 13.6 Å². The number of hydrogen-bond donors (Lipinski definition) is 1. The van der Waals surface area contributed by atoms with Gasteiger partial charge in [-0.2, -0.15) is 0 Å². The zero-order valence-corrected chi connectivity index (χ0v) is 7.34. The molecule has 0 heterocycles. The van der Waals surface area contributed by atoms with Crippen LogP contribution in [0.2, 0.25) is 0 Å². The van der Waals surface area contributed by atoms with Crippen LogP contribution in [0.3, 0.4) is 0 Å². The molecule has 0 fully saturated rings. The summed E-state index contributed by atoms with van der Waals surface area (Å²) in [5.41, 5.74) is 0.222. The molecule has 1 aromatic carbocycles. The van der Waals surface area contributed by atoms with E-state index in [1.165, 1.54) is 24.3 Å². The standard InChI is InChI=1S/C10H9F2NO/c1-2-9(14)13-8-5-3-4-7(6-8)10(11)12/h2-6,10H,1H2,(H,13,14). The van der Waals surface area contributed by atoms with Gasteiger partial charge in [0.15, 0.2) is 0 Å². The number of carbonyl (C=O) groups is 1. The average Bonchev–Trinajstić information content (AvgIpc) is 2.18. The van der Waals surface area contributed by atoms with E-state index in [0.29, 0.717) is 5.69 Å². The first kappa shape index (κ1) is 10.4. The Kier molecular flexibility index (Phi) is 3.34. The van der Waals surface area contributed by atoms with Crippen molar-refractivity contribution in [1.29, 1.82) is 0 Å². The first-order chi connectivity index (χ1) is 6.63. The fourth-order valence-corrected chi connectivity index (χ4v) is 0.945. The third-order valence-corrected chi connectivity index (χ3v) is 1.59. The van der Waals surface area contributed by atoms with Crippen molar-refractivity contribution in [3.8, 4) is 0 Å². The lowest BCUT2D eigenvalue weighted by atomic mass is 10.2. The molecule has 0 aliphatic heterocycles. The summed E-state index contributed by atoms with van der Waals surface area (Å²) in [4.78, 5) is 10.8. The average molecular weight is 197 g/mol. The molecule has 1 amide bonds. The van der Waals surface area contributed by atoms with E-state index in [1.807, 2.05) is 0 Å². The molecule has 74 valence electrons. The fraction of sp³-hybridized carbons (Fsp3) is 0.100. The van der Waals surface area contributed by atoms with Gasteiger partial charge in [0.2, 0.25) is 5.91 Å². The van der Waals surface area contributed by atoms with Gasteiger partial charge in [0.1, 0.15) is 0 Å². The summed E-state index contributed by atoms with van der Waals surface area (Å²) in [5.74, 6) is -0.420. The van der Waals surface area contributed by atoms with Crippen molar-refractivity contribution < 1.29 is 13.6 Å². The SMILES string of the molecule is C=CC(=O)Nc1cccc(C(F)F)c1. The Morgan fingerprint density at radius 2 is 2.21 bits per heavy atom. The molecule has 0 bridgehead atoms. The highest BCUT2D eigenvalue weighted by atomic mass is 19.3. The molecule has 0 aliphatic rings. The molecule has 1 N–H and O–H groups in total. The molecule has 0 saturated carbocycles. The molecule has 0 saturated heterocycles. The highest BCUT2D eigenvalue weighted by molar-refractivity contribution is 5.98. The maximum absolute atomic E-state index is 12.2. The Morgan fingerprint density at radius 3 is 2.79 bits per heavy atom. The van der Waals surface area contributed by atoms with Crippen molar-refractivity contribution in [2.24, 2.45) is 0 Å². The van der Waals surface area contributed by atoms with Crippen LogP contribution >= 0.6 is 0 Å². The van der Waals surface area contributed by atoms with Gasteiger partial charge in [0, 0.05) is 11.3 Å². The zero-order chi connectivity index (χ0) is 10.6. The molecule has 0 radical (unpaired) electrons. The Morgan fingerprint density at radius 1 is 1.50 bits per heavy atom. The van der Waals surface area contributed by atoms with Gasteiger partial charge >= 0.3 is 0 Å². The van der Waals surface area contributed by atoms with E-state index >= 15 is 0 Å². The summed E-state index contributed by atoms with van der Waals surface area (Å²) in [6, 6.07) is 5.52. The van der Waals surface area contributed by atoms with Crippen LogP contribution < -0.4 is 5.32 Å². The van der Waals surface area contributed by atoms with Gasteiger partial charge in [-0.1, -0.05) is 18.7 Å². The van der Waals surface area contributed by atoms with E-state index in [2.05, 4.69) is 11.9 Å². The van der Waals surface area contributed by atoms with Gasteiger partial charge in [-0.25, -0.2) is 8.78 Å². The molecule has 0 aliphatic carbocycles. The minimum Gasteiger partial charge on any atom is -0.323 e. The van der Waals surface area contributed by atoms with E-state index in [4.69, 9.17) is 0 Å². The largest absolute Gasteiger partial charge is 0.323 e. The van der Waals surface area contributed by atoms with E-state index < -0.39 is 12.3 Å². The molecule has 0 aromatic heterocycles. The number of alkyl halides is 2. The third kappa shape index (κ3) is 2.65. The molecule has 1 rings (SSSR count). The predicted molar refractivity (Wildman–Crippen MR) is 50.2 cm³/mol. The zero-order valence-electron chi connectivity index (χ0n) is 7.34. The minimum atomic E-state index is -2.53. The van der Waals surface area contributed by atoms with Crippen LogP contribution in [0.15, 0.2) is 36.9 Å². The Bertz CT molecular complexity index is 350. The lowest BCUT2D eigenvalue weighted by Gasteiger charge is -2.04. The molecule has 2 nitrogen and oxygen atoms in total. The smallest absolute Gasteiger partial charge is 0.263 e. The summed E-state index contributed by atoms with van der Waals surface area (Å²) >= 11 is 0. The second kappa shape index (κ2) is 4.50. The number of amides is 1. The topological polar surface area (TPSA) is 29.1 Å². The number of nitrogens with one attached hydrogen (secondary N) is 1. The molecular weight excluding hydrogens is 188 g/mol. The maximum atomic E-state index is 12.2. The fourth-order valence-electron chi connectivity index (χ4n) is 0.945. The normalized spacial score (nSPS) is 9.93. The predicted octanol–water partition coefficient (Wildman–Crippen LogP) is 2.75. The summed E-state index contributed by atoms with van der Waals surface area (Å²) < 4.78 is 24.5. The summed E-state index contributed by atoms with van der Waals surface area (Å²) in [6.45, 7) is 3.25. The number of rotatable bonds is 3. The summed E-state index contributed by atoms with van der Waals surface area (Å²) in [5, 5.41) is 2.40. The first-order valence-corrected chi connectivity index (χ1v) is 3.95. The lowest BCUT2D eigenvalue weighted by molar-refractivity contribution is -0.111. The van der Waals surface area contributed by atoms with Crippen molar-refractivity contribution in [3.05, 3.63) is 42.5 Å². The summed E-state index contributed by atoms with van der Waals surface area (Å²) in [7, 11) is 0. The van der Waals surface area contributed by atoms with E-state index in [0.717, 1.165) is 6.08 Å². The van der Waals surface area contributed by atoms with Gasteiger partial charge < -0.3 is 5.32 Å². The van der Waals surface area contributed by atoms with Crippen molar-refractivity contribution in [3.63, 3.8) is 0 Å². The molecule has 14 heavy (non-hydrogen) atoms. The third-order valence-electron chi connectivity index (χ3n) is 1.59. The maximum Gasteiger partial charge on any atom is 0.263 e. The summed E-state index contributed by atoms with van der Waals surface area (Å²) in [6.07, 6.45) is -1.45. The van der Waals surface area contributed by atoms with Crippen molar-refractivity contribution in [2.75, 3.05) is 5.32 Å². The van der Waals surface area contributed by atoms with Crippen molar-refractivity contribution in [2.45, 2.75) is 6.43 Å². The van der Waals surface area contributed by atoms with Gasteiger partial charge in [-0.15, -0.1) is 0 Å². The number of halogens is 2. The first-order valence-electron chi connectivity index (χ1n) is 3.95. The van der Waals surface area contributed by atoms with Gasteiger partial charge in [0.25, 0.3) is 6.43 Å². The second-order valence-electron chi connectivity index (χ2n) is 2.62. The van der Waals surface area contributed by atoms with Gasteiger partial charge in [-0.3, -0.25) is 4.79 Å². The molecule has 0 atom stereocenters. The van der Waals surface area contributed by atoms with Crippen molar-refractivity contribution in [1.82, 2.24) is 0 Å². The minimum absolute atomic E-state index is 0.119. The van der Waals surface area contributed by atoms with Gasteiger partial charge in [-0.05, 0) is 18.2 Å². The van der Waals surface area contributed by atoms with Crippen molar-refractivity contribution >= 4 is 11.6 Å². The van der Waals surface area contributed by atoms with Crippen LogP contribution in [0.5, 0.6) is 0 Å². The highest BCUT2D eigenvalue weighted by Gasteiger charge is 2.07. The Balaban J connectivity index is 2.83. The Labute approximate surface area is 80.2 Å². The van der Waals surface area contributed by atoms with Crippen LogP contribution in [-0.2, 0) is 4.79 Å². The number of anilines is 1. The number of hydrogen-bond acceptors (Lipinski definition) is 1. The number of carbonyl (C=O) groups excluding carboxylic acids is 1. The quantitative estimate of drug-likeness (QED) is 0.741. The van der Waals surface area contributed by atoms with Crippen LogP contribution in [0.4, 0.5) is 14.5 Å². The van der Waals surface area contributed by atoms with Gasteiger partial charge in [0.05, 0.1) is 0 Å². The molecular formula is C10H9F2NO. The van der Waals surface area contributed by atoms with E-state index in [1.54, 1.807) is 0 Å². The molecule has 1 aromatic rings. The Hall–Kier alpha value is -1.71. The molecule has 0 spiro atoms. The van der Waals surface area contributed by atoms with Crippen LogP contribution in [0.25, 0.3) is 0 Å². The van der Waals surface area contributed by atoms with Crippen LogP contribution in [0.1, 0.15) is 12.0 Å². The highest BCUT2D eigenvalue weighted by Crippen LogP contribution is 2.21. The monoisotopic (exact) mass is 197 g/mol. The molecule has 0 unspecified atom stereocenters. The lowest BCUT2D eigenvalue weighted by Crippen LogP contribution is -2.07. The molecule has 4 heteroatoms.